The Morgan fingerprint density at radius 2 is 1.47 bits per heavy atom. The second-order valence-electron chi connectivity index (χ2n) is 5.68. The van der Waals surface area contributed by atoms with Gasteiger partial charge in [-0.3, -0.25) is 0 Å². The molecule has 0 saturated heterocycles. The van der Waals surface area contributed by atoms with Crippen LogP contribution in [0.2, 0.25) is 0 Å². The minimum atomic E-state index is 0.295. The molecule has 2 nitrogen and oxygen atoms in total. The molecule has 1 aliphatic carbocycles. The molecular weight excluding hydrogens is 228 g/mol. The first-order valence-electron chi connectivity index (χ1n) is 7.01. The fourth-order valence-electron chi connectivity index (χ4n) is 2.80. The second-order valence-corrected chi connectivity index (χ2v) is 6.43. The van der Waals surface area contributed by atoms with Crippen LogP contribution in [0.15, 0.2) is 0 Å². The maximum atomic E-state index is 4.64. The van der Waals surface area contributed by atoms with Crippen LogP contribution >= 0.6 is 11.5 Å². The van der Waals surface area contributed by atoms with E-state index < -0.39 is 0 Å². The summed E-state index contributed by atoms with van der Waals surface area (Å²) in [5, 5.41) is 1.27. The Morgan fingerprint density at radius 3 is 1.94 bits per heavy atom. The third-order valence-electron chi connectivity index (χ3n) is 4.00. The number of aromatic nitrogens is 2. The Balaban J connectivity index is 2.07. The van der Waals surface area contributed by atoms with Gasteiger partial charge in [0, 0.05) is 5.41 Å². The summed E-state index contributed by atoms with van der Waals surface area (Å²) >= 11 is 1.62. The van der Waals surface area contributed by atoms with Crippen LogP contribution in [0, 0.1) is 6.92 Å². The summed E-state index contributed by atoms with van der Waals surface area (Å²) in [5.41, 5.74) is 0.295. The van der Waals surface area contributed by atoms with Gasteiger partial charge in [0.2, 0.25) is 0 Å². The summed E-state index contributed by atoms with van der Waals surface area (Å²) in [5.74, 6) is 0.948. The van der Waals surface area contributed by atoms with Gasteiger partial charge in [-0.15, -0.1) is 0 Å². The van der Waals surface area contributed by atoms with Crippen LogP contribution in [0.5, 0.6) is 0 Å². The molecule has 1 fully saturated rings. The molecule has 0 amide bonds. The molecule has 0 aromatic carbocycles. The summed E-state index contributed by atoms with van der Waals surface area (Å²) < 4.78 is 4.36. The Labute approximate surface area is 109 Å². The van der Waals surface area contributed by atoms with Gasteiger partial charge in [0.25, 0.3) is 0 Å². The zero-order valence-electron chi connectivity index (χ0n) is 11.2. The van der Waals surface area contributed by atoms with E-state index in [0.29, 0.717) is 5.41 Å². The van der Waals surface area contributed by atoms with E-state index in [1.54, 1.807) is 11.5 Å². The number of nitrogens with zero attached hydrogens (tertiary/aromatic N) is 2. The van der Waals surface area contributed by atoms with Crippen molar-refractivity contribution in [2.45, 2.75) is 77.0 Å². The van der Waals surface area contributed by atoms with Gasteiger partial charge >= 0.3 is 0 Å². The van der Waals surface area contributed by atoms with Crippen molar-refractivity contribution >= 4 is 11.5 Å². The summed E-state index contributed by atoms with van der Waals surface area (Å²) in [6, 6.07) is 0. The minimum absolute atomic E-state index is 0.295. The predicted octanol–water partition coefficient (Wildman–Crippen LogP) is 4.63. The van der Waals surface area contributed by atoms with Crippen LogP contribution in [-0.2, 0) is 5.41 Å². The smallest absolute Gasteiger partial charge is 0.139 e. The van der Waals surface area contributed by atoms with Crippen molar-refractivity contribution < 1.29 is 0 Å². The van der Waals surface area contributed by atoms with Crippen molar-refractivity contribution in [3.8, 4) is 0 Å². The van der Waals surface area contributed by atoms with Crippen LogP contribution in [0.1, 0.15) is 75.5 Å². The van der Waals surface area contributed by atoms with E-state index in [4.69, 9.17) is 0 Å². The molecule has 1 heterocycles. The molecule has 0 spiro atoms. The molecule has 1 aliphatic rings. The van der Waals surface area contributed by atoms with Gasteiger partial charge in [-0.1, -0.05) is 51.9 Å². The minimum Gasteiger partial charge on any atom is -0.224 e. The average Bonchev–Trinajstić information content (AvgIpc) is 2.75. The zero-order valence-corrected chi connectivity index (χ0v) is 12.0. The van der Waals surface area contributed by atoms with Gasteiger partial charge in [-0.2, -0.15) is 4.37 Å². The van der Waals surface area contributed by atoms with Gasteiger partial charge in [0.05, 0.1) is 0 Å². The largest absolute Gasteiger partial charge is 0.224 e. The average molecular weight is 252 g/mol. The summed E-state index contributed by atoms with van der Waals surface area (Å²) in [4.78, 5) is 4.64. The lowest BCUT2D eigenvalue weighted by Crippen LogP contribution is -2.22. The lowest BCUT2D eigenvalue weighted by atomic mass is 9.79. The summed E-state index contributed by atoms with van der Waals surface area (Å²) in [7, 11) is 0. The summed E-state index contributed by atoms with van der Waals surface area (Å²) in [6.07, 6.45) is 12.4. The van der Waals surface area contributed by atoms with Gasteiger partial charge in [0.15, 0.2) is 0 Å². The Bertz CT molecular complexity index is 336. The van der Waals surface area contributed by atoms with Crippen molar-refractivity contribution in [2.75, 3.05) is 0 Å². The van der Waals surface area contributed by atoms with E-state index in [2.05, 4.69) is 16.3 Å². The van der Waals surface area contributed by atoms with Gasteiger partial charge in [-0.05, 0) is 31.3 Å². The van der Waals surface area contributed by atoms with Gasteiger partial charge in [-0.25, -0.2) is 4.98 Å². The first kappa shape index (κ1) is 13.0. The van der Waals surface area contributed by atoms with Crippen molar-refractivity contribution in [1.82, 2.24) is 9.36 Å². The molecule has 3 heteroatoms. The molecular formula is C14H24N2S. The molecule has 1 aromatic rings. The zero-order chi connectivity index (χ0) is 12.1. The molecule has 0 N–H and O–H groups in total. The molecule has 0 atom stereocenters. The highest BCUT2D eigenvalue weighted by Gasteiger charge is 2.29. The van der Waals surface area contributed by atoms with Crippen LogP contribution < -0.4 is 0 Å². The Kier molecular flexibility index (Phi) is 4.55. The number of rotatable bonds is 1. The van der Waals surface area contributed by atoms with Crippen molar-refractivity contribution in [2.24, 2.45) is 0 Å². The standard InChI is InChI=1S/C14H24N2S/c1-12-15-13(17-16-12)14(2)10-8-6-4-3-5-7-9-11-14/h3-11H2,1-2H3. The highest BCUT2D eigenvalue weighted by molar-refractivity contribution is 7.05. The number of hydrogen-bond acceptors (Lipinski definition) is 3. The highest BCUT2D eigenvalue weighted by atomic mass is 32.1. The van der Waals surface area contributed by atoms with Crippen LogP contribution in [0.4, 0.5) is 0 Å². The lowest BCUT2D eigenvalue weighted by molar-refractivity contribution is 0.350. The van der Waals surface area contributed by atoms with Crippen LogP contribution in [0.25, 0.3) is 0 Å². The first-order chi connectivity index (χ1) is 8.21. The highest BCUT2D eigenvalue weighted by Crippen LogP contribution is 2.37. The molecule has 0 aliphatic heterocycles. The number of aryl methyl sites for hydroxylation is 1. The van der Waals surface area contributed by atoms with E-state index in [9.17, 15) is 0 Å². The normalized spacial score (nSPS) is 22.2. The predicted molar refractivity (Wildman–Crippen MR) is 73.6 cm³/mol. The maximum absolute atomic E-state index is 4.64. The van der Waals surface area contributed by atoms with E-state index in [1.165, 1.54) is 62.8 Å². The molecule has 1 aromatic heterocycles. The molecule has 0 radical (unpaired) electrons. The maximum Gasteiger partial charge on any atom is 0.139 e. The van der Waals surface area contributed by atoms with E-state index >= 15 is 0 Å². The van der Waals surface area contributed by atoms with Crippen molar-refractivity contribution in [3.05, 3.63) is 10.8 Å². The Hall–Kier alpha value is -0.440. The molecule has 0 bridgehead atoms. The monoisotopic (exact) mass is 252 g/mol. The lowest BCUT2D eigenvalue weighted by Gasteiger charge is -2.28. The van der Waals surface area contributed by atoms with Crippen LogP contribution in [-0.4, -0.2) is 9.36 Å². The Morgan fingerprint density at radius 1 is 0.941 bits per heavy atom. The second kappa shape index (κ2) is 5.94. The summed E-state index contributed by atoms with van der Waals surface area (Å²) in [6.45, 7) is 4.40. The van der Waals surface area contributed by atoms with Crippen LogP contribution in [0.3, 0.4) is 0 Å². The molecule has 96 valence electrons. The van der Waals surface area contributed by atoms with Crippen molar-refractivity contribution in [3.63, 3.8) is 0 Å². The third kappa shape index (κ3) is 3.51. The van der Waals surface area contributed by atoms with Gasteiger partial charge in [0.1, 0.15) is 10.8 Å². The SMILES string of the molecule is Cc1nsc(C2(C)CCCCCCCCC2)n1. The van der Waals surface area contributed by atoms with E-state index in [1.807, 2.05) is 6.92 Å². The third-order valence-corrected chi connectivity index (χ3v) is 5.11. The molecule has 2 rings (SSSR count). The molecule has 17 heavy (non-hydrogen) atoms. The fraction of sp³-hybridized carbons (Fsp3) is 0.857. The van der Waals surface area contributed by atoms with E-state index in [0.717, 1.165) is 5.82 Å². The van der Waals surface area contributed by atoms with E-state index in [-0.39, 0.29) is 0 Å². The molecule has 0 unspecified atom stereocenters. The van der Waals surface area contributed by atoms with Crippen molar-refractivity contribution in [1.29, 1.82) is 0 Å². The quantitative estimate of drug-likeness (QED) is 0.728. The topological polar surface area (TPSA) is 25.8 Å². The fourth-order valence-corrected chi connectivity index (χ4v) is 3.65. The van der Waals surface area contributed by atoms with Gasteiger partial charge < -0.3 is 0 Å². The number of hydrogen-bond donors (Lipinski definition) is 0. The first-order valence-corrected chi connectivity index (χ1v) is 7.79. The molecule has 1 saturated carbocycles.